The zero-order valence-corrected chi connectivity index (χ0v) is 12.6. The first-order valence-corrected chi connectivity index (χ1v) is 7.89. The molecule has 1 aliphatic heterocycles. The van der Waals surface area contributed by atoms with Crippen LogP contribution in [0.1, 0.15) is 24.8 Å². The van der Waals surface area contributed by atoms with Gasteiger partial charge in [-0.1, -0.05) is 30.3 Å². The Morgan fingerprint density at radius 3 is 2.50 bits per heavy atom. The van der Waals surface area contributed by atoms with Gasteiger partial charge in [0.25, 0.3) is 0 Å². The molecule has 20 heavy (non-hydrogen) atoms. The lowest BCUT2D eigenvalue weighted by Gasteiger charge is -2.19. The van der Waals surface area contributed by atoms with Gasteiger partial charge < -0.3 is 4.74 Å². The predicted octanol–water partition coefficient (Wildman–Crippen LogP) is 4.59. The lowest BCUT2D eigenvalue weighted by molar-refractivity contribution is 0.449. The van der Waals surface area contributed by atoms with Gasteiger partial charge in [0.15, 0.2) is 0 Å². The first kappa shape index (κ1) is 13.5. The third-order valence-electron chi connectivity index (χ3n) is 3.27. The van der Waals surface area contributed by atoms with Crippen LogP contribution in [0.5, 0.6) is 11.5 Å². The van der Waals surface area contributed by atoms with Crippen molar-refractivity contribution < 1.29 is 4.74 Å². The monoisotopic (exact) mass is 285 g/mol. The molecule has 0 amide bonds. The van der Waals surface area contributed by atoms with E-state index in [1.165, 1.54) is 5.56 Å². The summed E-state index contributed by atoms with van der Waals surface area (Å²) in [6.07, 6.45) is 0. The van der Waals surface area contributed by atoms with Crippen molar-refractivity contribution in [3.63, 3.8) is 0 Å². The number of para-hydroxylation sites is 1. The summed E-state index contributed by atoms with van der Waals surface area (Å²) < 4.78 is 5.89. The molecule has 1 aliphatic rings. The maximum atomic E-state index is 5.89. The molecular formula is C17H19NOS. The van der Waals surface area contributed by atoms with Crippen molar-refractivity contribution in [2.45, 2.75) is 24.8 Å². The largest absolute Gasteiger partial charge is 0.457 e. The van der Waals surface area contributed by atoms with Crippen LogP contribution in [-0.2, 0) is 0 Å². The summed E-state index contributed by atoms with van der Waals surface area (Å²) in [5.74, 6) is 2.89. The van der Waals surface area contributed by atoms with Crippen LogP contribution in [0, 0.1) is 0 Å². The Hall–Kier alpha value is -1.45. The van der Waals surface area contributed by atoms with E-state index in [2.05, 4.69) is 37.4 Å². The minimum absolute atomic E-state index is 0.200. The van der Waals surface area contributed by atoms with E-state index in [1.807, 2.05) is 48.2 Å². The minimum atomic E-state index is 0.200. The molecule has 0 radical (unpaired) electrons. The van der Waals surface area contributed by atoms with Crippen molar-refractivity contribution in [1.82, 2.24) is 5.32 Å². The van der Waals surface area contributed by atoms with Crippen LogP contribution < -0.4 is 10.1 Å². The van der Waals surface area contributed by atoms with Crippen molar-refractivity contribution in [3.05, 3.63) is 60.2 Å². The van der Waals surface area contributed by atoms with Gasteiger partial charge in [-0.25, -0.2) is 0 Å². The second kappa shape index (κ2) is 5.51. The van der Waals surface area contributed by atoms with Gasteiger partial charge in [0.05, 0.1) is 5.37 Å². The van der Waals surface area contributed by atoms with Gasteiger partial charge in [-0.3, -0.25) is 5.32 Å². The summed E-state index contributed by atoms with van der Waals surface area (Å²) in [6, 6.07) is 18.2. The summed E-state index contributed by atoms with van der Waals surface area (Å²) in [7, 11) is 0. The average molecular weight is 285 g/mol. The van der Waals surface area contributed by atoms with Gasteiger partial charge in [0.1, 0.15) is 11.5 Å². The van der Waals surface area contributed by atoms with E-state index in [1.54, 1.807) is 0 Å². The molecule has 0 aliphatic carbocycles. The van der Waals surface area contributed by atoms with Crippen LogP contribution >= 0.6 is 11.8 Å². The molecule has 2 nitrogen and oxygen atoms in total. The number of hydrogen-bond acceptors (Lipinski definition) is 3. The molecule has 0 aromatic heterocycles. The number of benzene rings is 2. The maximum absolute atomic E-state index is 5.89. The van der Waals surface area contributed by atoms with Crippen molar-refractivity contribution in [2.75, 3.05) is 5.75 Å². The molecule has 1 atom stereocenters. The Morgan fingerprint density at radius 1 is 1.05 bits per heavy atom. The Labute approximate surface area is 124 Å². The van der Waals surface area contributed by atoms with Crippen LogP contribution in [-0.4, -0.2) is 11.3 Å². The van der Waals surface area contributed by atoms with Crippen LogP contribution in [0.3, 0.4) is 0 Å². The number of nitrogens with one attached hydrogen (secondary N) is 1. The van der Waals surface area contributed by atoms with E-state index < -0.39 is 0 Å². The maximum Gasteiger partial charge on any atom is 0.127 e. The summed E-state index contributed by atoms with van der Waals surface area (Å²) in [5.41, 5.74) is 1.47. The zero-order chi connectivity index (χ0) is 14.0. The van der Waals surface area contributed by atoms with E-state index in [0.29, 0.717) is 5.37 Å². The summed E-state index contributed by atoms with van der Waals surface area (Å²) >= 11 is 1.95. The topological polar surface area (TPSA) is 21.3 Å². The van der Waals surface area contributed by atoms with Crippen molar-refractivity contribution >= 4 is 11.8 Å². The van der Waals surface area contributed by atoms with Crippen molar-refractivity contribution in [3.8, 4) is 11.5 Å². The highest BCUT2D eigenvalue weighted by Gasteiger charge is 2.31. The molecule has 104 valence electrons. The molecule has 0 bridgehead atoms. The molecule has 0 saturated carbocycles. The van der Waals surface area contributed by atoms with E-state index in [-0.39, 0.29) is 5.54 Å². The Bertz CT molecular complexity index is 583. The van der Waals surface area contributed by atoms with E-state index >= 15 is 0 Å². The second-order valence-corrected chi connectivity index (χ2v) is 6.80. The van der Waals surface area contributed by atoms with Crippen LogP contribution in [0.25, 0.3) is 0 Å². The quantitative estimate of drug-likeness (QED) is 0.891. The van der Waals surface area contributed by atoms with Gasteiger partial charge in [-0.2, -0.15) is 0 Å². The summed E-state index contributed by atoms with van der Waals surface area (Å²) in [6.45, 7) is 4.48. The molecule has 2 aromatic carbocycles. The van der Waals surface area contributed by atoms with Gasteiger partial charge in [0.2, 0.25) is 0 Å². The highest BCUT2D eigenvalue weighted by molar-refractivity contribution is 7.99. The molecule has 1 unspecified atom stereocenters. The Morgan fingerprint density at radius 2 is 1.80 bits per heavy atom. The van der Waals surface area contributed by atoms with E-state index in [9.17, 15) is 0 Å². The normalized spacial score (nSPS) is 20.8. The molecule has 3 heteroatoms. The molecule has 1 N–H and O–H groups in total. The van der Waals surface area contributed by atoms with Gasteiger partial charge in [-0.15, -0.1) is 11.8 Å². The highest BCUT2D eigenvalue weighted by atomic mass is 32.2. The molecule has 1 saturated heterocycles. The smallest absolute Gasteiger partial charge is 0.127 e. The summed E-state index contributed by atoms with van der Waals surface area (Å²) in [5, 5.41) is 4.00. The fraction of sp³-hybridized carbons (Fsp3) is 0.294. The number of thioether (sulfide) groups is 1. The zero-order valence-electron chi connectivity index (χ0n) is 11.8. The predicted molar refractivity (Wildman–Crippen MR) is 85.4 cm³/mol. The SMILES string of the molecule is CC1(C)CSC(c2cccc(Oc3ccccc3)c2)N1. The number of hydrogen-bond donors (Lipinski definition) is 1. The number of rotatable bonds is 3. The Balaban J connectivity index is 1.77. The Kier molecular flexibility index (Phi) is 3.72. The molecule has 1 heterocycles. The summed E-state index contributed by atoms with van der Waals surface area (Å²) in [4.78, 5) is 0. The fourth-order valence-corrected chi connectivity index (χ4v) is 3.68. The fourth-order valence-electron chi connectivity index (χ4n) is 2.28. The third kappa shape index (κ3) is 3.17. The van der Waals surface area contributed by atoms with Gasteiger partial charge >= 0.3 is 0 Å². The van der Waals surface area contributed by atoms with Gasteiger partial charge in [-0.05, 0) is 43.7 Å². The van der Waals surface area contributed by atoms with E-state index in [4.69, 9.17) is 4.74 Å². The first-order chi connectivity index (χ1) is 9.62. The average Bonchev–Trinajstić information content (AvgIpc) is 2.81. The molecule has 0 spiro atoms. The number of ether oxygens (including phenoxy) is 1. The lowest BCUT2D eigenvalue weighted by atomic mass is 10.1. The van der Waals surface area contributed by atoms with Crippen LogP contribution in [0.15, 0.2) is 54.6 Å². The molecular weight excluding hydrogens is 266 g/mol. The second-order valence-electron chi connectivity index (χ2n) is 5.71. The van der Waals surface area contributed by atoms with Crippen molar-refractivity contribution in [2.24, 2.45) is 0 Å². The lowest BCUT2D eigenvalue weighted by Crippen LogP contribution is -2.35. The van der Waals surface area contributed by atoms with Crippen LogP contribution in [0.2, 0.25) is 0 Å². The van der Waals surface area contributed by atoms with E-state index in [0.717, 1.165) is 17.3 Å². The minimum Gasteiger partial charge on any atom is -0.457 e. The van der Waals surface area contributed by atoms with Crippen molar-refractivity contribution in [1.29, 1.82) is 0 Å². The standard InChI is InChI=1S/C17H19NOS/c1-17(2)12-20-16(18-17)13-7-6-10-15(11-13)19-14-8-4-3-5-9-14/h3-11,16,18H,12H2,1-2H3. The molecule has 2 aromatic rings. The van der Waals surface area contributed by atoms with Gasteiger partial charge in [0, 0.05) is 11.3 Å². The molecule has 1 fully saturated rings. The molecule has 3 rings (SSSR count). The first-order valence-electron chi connectivity index (χ1n) is 6.85. The van der Waals surface area contributed by atoms with Crippen LogP contribution in [0.4, 0.5) is 0 Å². The third-order valence-corrected chi connectivity index (χ3v) is 4.88. The highest BCUT2D eigenvalue weighted by Crippen LogP contribution is 2.38.